The van der Waals surface area contributed by atoms with Crippen LogP contribution in [0.15, 0.2) is 48.5 Å². The van der Waals surface area contributed by atoms with Crippen LogP contribution in [0, 0.1) is 0 Å². The maximum atomic E-state index is 5.78. The van der Waals surface area contributed by atoms with Gasteiger partial charge in [-0.05, 0) is 23.6 Å². The van der Waals surface area contributed by atoms with Crippen LogP contribution in [0.4, 0.5) is 0 Å². The minimum Gasteiger partial charge on any atom is -0.496 e. The van der Waals surface area contributed by atoms with Crippen molar-refractivity contribution < 1.29 is 4.74 Å². The molecule has 2 aromatic rings. The van der Waals surface area contributed by atoms with Crippen LogP contribution >= 0.6 is 0 Å². The molecule has 1 unspecified atom stereocenters. The van der Waals surface area contributed by atoms with Gasteiger partial charge in [0.25, 0.3) is 0 Å². The number of hydrogen-bond donors (Lipinski definition) is 2. The minimum absolute atomic E-state index is 0.0627. The van der Waals surface area contributed by atoms with Crippen molar-refractivity contribution >= 4 is 0 Å². The second-order valence-electron chi connectivity index (χ2n) is 4.39. The fraction of sp³-hybridized carbons (Fsp3) is 0.250. The van der Waals surface area contributed by atoms with Crippen molar-refractivity contribution in [3.8, 4) is 5.75 Å². The van der Waals surface area contributed by atoms with E-state index in [-0.39, 0.29) is 6.04 Å². The molecule has 3 nitrogen and oxygen atoms in total. The van der Waals surface area contributed by atoms with Crippen LogP contribution in [0.1, 0.15) is 29.7 Å². The lowest BCUT2D eigenvalue weighted by Gasteiger charge is -2.21. The minimum atomic E-state index is -0.0627. The third-order valence-electron chi connectivity index (χ3n) is 3.36. The second-order valence-corrected chi connectivity index (χ2v) is 4.39. The Hall–Kier alpha value is -1.84. The van der Waals surface area contributed by atoms with Crippen molar-refractivity contribution in [1.29, 1.82) is 0 Å². The average Bonchev–Trinajstić information content (AvgIpc) is 2.49. The second kappa shape index (κ2) is 6.36. The van der Waals surface area contributed by atoms with Gasteiger partial charge in [0.1, 0.15) is 5.75 Å². The fourth-order valence-corrected chi connectivity index (χ4v) is 2.39. The Balaban J connectivity index is 2.50. The SMILES string of the molecule is CCc1ccccc1C(NN)c1ccccc1OC. The molecule has 0 aliphatic rings. The van der Waals surface area contributed by atoms with E-state index in [0.29, 0.717) is 0 Å². The lowest BCUT2D eigenvalue weighted by Crippen LogP contribution is -2.29. The summed E-state index contributed by atoms with van der Waals surface area (Å²) >= 11 is 0. The predicted molar refractivity (Wildman–Crippen MR) is 78.0 cm³/mol. The molecule has 0 radical (unpaired) electrons. The first kappa shape index (κ1) is 13.6. The van der Waals surface area contributed by atoms with E-state index in [0.717, 1.165) is 17.7 Å². The molecule has 19 heavy (non-hydrogen) atoms. The van der Waals surface area contributed by atoms with Crippen molar-refractivity contribution in [1.82, 2.24) is 5.43 Å². The van der Waals surface area contributed by atoms with Crippen LogP contribution in [0.3, 0.4) is 0 Å². The summed E-state index contributed by atoms with van der Waals surface area (Å²) in [5.41, 5.74) is 6.43. The molecule has 0 amide bonds. The van der Waals surface area contributed by atoms with E-state index in [2.05, 4.69) is 30.5 Å². The molecule has 100 valence electrons. The van der Waals surface area contributed by atoms with Crippen molar-refractivity contribution in [2.24, 2.45) is 5.84 Å². The first-order valence-electron chi connectivity index (χ1n) is 6.48. The van der Waals surface area contributed by atoms with Crippen LogP contribution in [-0.4, -0.2) is 7.11 Å². The van der Waals surface area contributed by atoms with E-state index in [1.807, 2.05) is 30.3 Å². The first-order valence-corrected chi connectivity index (χ1v) is 6.48. The van der Waals surface area contributed by atoms with Gasteiger partial charge in [0, 0.05) is 5.56 Å². The number of nitrogens with one attached hydrogen (secondary N) is 1. The van der Waals surface area contributed by atoms with Crippen molar-refractivity contribution in [3.63, 3.8) is 0 Å². The number of hydrogen-bond acceptors (Lipinski definition) is 3. The van der Waals surface area contributed by atoms with E-state index in [9.17, 15) is 0 Å². The molecule has 1 atom stereocenters. The highest BCUT2D eigenvalue weighted by Gasteiger charge is 2.18. The van der Waals surface area contributed by atoms with Gasteiger partial charge in [-0.2, -0.15) is 0 Å². The van der Waals surface area contributed by atoms with Crippen LogP contribution in [0.5, 0.6) is 5.75 Å². The van der Waals surface area contributed by atoms with Gasteiger partial charge in [-0.1, -0.05) is 49.4 Å². The highest BCUT2D eigenvalue weighted by atomic mass is 16.5. The fourth-order valence-electron chi connectivity index (χ4n) is 2.39. The van der Waals surface area contributed by atoms with Crippen LogP contribution < -0.4 is 16.0 Å². The Morgan fingerprint density at radius 3 is 2.32 bits per heavy atom. The van der Waals surface area contributed by atoms with Gasteiger partial charge in [-0.15, -0.1) is 0 Å². The van der Waals surface area contributed by atoms with Crippen LogP contribution in [0.2, 0.25) is 0 Å². The zero-order valence-corrected chi connectivity index (χ0v) is 11.4. The number of benzene rings is 2. The summed E-state index contributed by atoms with van der Waals surface area (Å²) in [6, 6.07) is 16.2. The molecule has 0 heterocycles. The number of ether oxygens (including phenoxy) is 1. The van der Waals surface area contributed by atoms with Gasteiger partial charge in [-0.3, -0.25) is 5.84 Å². The molecule has 0 fully saturated rings. The van der Waals surface area contributed by atoms with Crippen molar-refractivity contribution in [3.05, 3.63) is 65.2 Å². The Bertz CT molecular complexity index is 492. The number of methoxy groups -OCH3 is 1. The van der Waals surface area contributed by atoms with E-state index >= 15 is 0 Å². The van der Waals surface area contributed by atoms with E-state index in [4.69, 9.17) is 10.6 Å². The van der Waals surface area contributed by atoms with Crippen molar-refractivity contribution in [2.45, 2.75) is 19.4 Å². The Morgan fingerprint density at radius 2 is 1.68 bits per heavy atom. The highest BCUT2D eigenvalue weighted by Crippen LogP contribution is 2.31. The molecule has 0 aliphatic carbocycles. The standard InChI is InChI=1S/C16H20N2O/c1-3-12-8-4-5-9-13(12)16(18-17)14-10-6-7-11-15(14)19-2/h4-11,16,18H,3,17H2,1-2H3. The molecule has 0 aliphatic heterocycles. The molecule has 0 saturated heterocycles. The summed E-state index contributed by atoms with van der Waals surface area (Å²) in [4.78, 5) is 0. The van der Waals surface area contributed by atoms with Gasteiger partial charge in [0.2, 0.25) is 0 Å². The summed E-state index contributed by atoms with van der Waals surface area (Å²) in [5.74, 6) is 6.62. The summed E-state index contributed by atoms with van der Waals surface area (Å²) in [6.45, 7) is 2.15. The van der Waals surface area contributed by atoms with Crippen LogP contribution in [0.25, 0.3) is 0 Å². The molecular weight excluding hydrogens is 236 g/mol. The molecule has 2 rings (SSSR count). The van der Waals surface area contributed by atoms with E-state index < -0.39 is 0 Å². The summed E-state index contributed by atoms with van der Waals surface area (Å²) < 4.78 is 5.43. The Morgan fingerprint density at radius 1 is 1.05 bits per heavy atom. The van der Waals surface area contributed by atoms with Crippen molar-refractivity contribution in [2.75, 3.05) is 7.11 Å². The monoisotopic (exact) mass is 256 g/mol. The zero-order chi connectivity index (χ0) is 13.7. The number of rotatable bonds is 5. The maximum absolute atomic E-state index is 5.78. The van der Waals surface area contributed by atoms with Gasteiger partial charge in [-0.25, -0.2) is 5.43 Å². The number of nitrogens with two attached hydrogens (primary N) is 1. The lowest BCUT2D eigenvalue weighted by atomic mass is 9.93. The topological polar surface area (TPSA) is 47.3 Å². The maximum Gasteiger partial charge on any atom is 0.124 e. The van der Waals surface area contributed by atoms with Gasteiger partial charge in [0.15, 0.2) is 0 Å². The normalized spacial score (nSPS) is 12.2. The first-order chi connectivity index (χ1) is 9.31. The highest BCUT2D eigenvalue weighted by molar-refractivity contribution is 5.44. The predicted octanol–water partition coefficient (Wildman–Crippen LogP) is 2.81. The molecular formula is C16H20N2O. The van der Waals surface area contributed by atoms with Crippen LogP contribution in [-0.2, 0) is 6.42 Å². The number of aryl methyl sites for hydroxylation is 1. The average molecular weight is 256 g/mol. The molecule has 2 aromatic carbocycles. The van der Waals surface area contributed by atoms with E-state index in [1.54, 1.807) is 7.11 Å². The smallest absolute Gasteiger partial charge is 0.124 e. The van der Waals surface area contributed by atoms with Gasteiger partial charge >= 0.3 is 0 Å². The molecule has 3 heteroatoms. The lowest BCUT2D eigenvalue weighted by molar-refractivity contribution is 0.404. The molecule has 0 bridgehead atoms. The molecule has 0 aromatic heterocycles. The molecule has 0 spiro atoms. The third-order valence-corrected chi connectivity index (χ3v) is 3.36. The zero-order valence-electron chi connectivity index (χ0n) is 11.4. The Labute approximate surface area is 114 Å². The molecule has 0 saturated carbocycles. The Kier molecular flexibility index (Phi) is 4.55. The summed E-state index contributed by atoms with van der Waals surface area (Å²) in [5, 5.41) is 0. The largest absolute Gasteiger partial charge is 0.496 e. The third kappa shape index (κ3) is 2.78. The van der Waals surface area contributed by atoms with Gasteiger partial charge in [0.05, 0.1) is 13.2 Å². The van der Waals surface area contributed by atoms with Gasteiger partial charge < -0.3 is 4.74 Å². The summed E-state index contributed by atoms with van der Waals surface area (Å²) in [6.07, 6.45) is 0.976. The quantitative estimate of drug-likeness (QED) is 0.639. The number of hydrazine groups is 1. The molecule has 3 N–H and O–H groups in total. The van der Waals surface area contributed by atoms with E-state index in [1.165, 1.54) is 11.1 Å². The number of para-hydroxylation sites is 1. The summed E-state index contributed by atoms with van der Waals surface area (Å²) in [7, 11) is 1.68.